The number of halogens is 2. The molecule has 0 unspecified atom stereocenters. The molecule has 0 bridgehead atoms. The summed E-state index contributed by atoms with van der Waals surface area (Å²) in [4.78, 5) is 4.15. The number of fused-ring (bicyclic) bond motifs is 1. The smallest absolute Gasteiger partial charge is 0.133 e. The maximum atomic E-state index is 5.87. The third kappa shape index (κ3) is 1.63. The van der Waals surface area contributed by atoms with Gasteiger partial charge < -0.3 is 4.74 Å². The summed E-state index contributed by atoms with van der Waals surface area (Å²) in [6.45, 7) is 0. The Morgan fingerprint density at radius 2 is 2.00 bits per heavy atom. The highest BCUT2D eigenvalue weighted by atomic mass is 35.5. The Morgan fingerprint density at radius 3 is 2.71 bits per heavy atom. The Balaban J connectivity index is 2.81. The van der Waals surface area contributed by atoms with Crippen LogP contribution in [0.4, 0.5) is 0 Å². The largest absolute Gasteiger partial charge is 0.496 e. The van der Waals surface area contributed by atoms with Crippen molar-refractivity contribution in [3.63, 3.8) is 0 Å². The lowest BCUT2D eigenvalue weighted by Crippen LogP contribution is -1.87. The molecule has 1 aromatic heterocycles. The van der Waals surface area contributed by atoms with Gasteiger partial charge in [0.25, 0.3) is 0 Å². The summed E-state index contributed by atoms with van der Waals surface area (Å²) in [6.07, 6.45) is 0. The Hall–Kier alpha value is -0.990. The minimum Gasteiger partial charge on any atom is -0.496 e. The van der Waals surface area contributed by atoms with Crippen LogP contribution >= 0.6 is 23.2 Å². The van der Waals surface area contributed by atoms with Gasteiger partial charge >= 0.3 is 0 Å². The van der Waals surface area contributed by atoms with Crippen molar-refractivity contribution in [2.75, 3.05) is 7.11 Å². The van der Waals surface area contributed by atoms with Gasteiger partial charge in [-0.3, -0.25) is 0 Å². The van der Waals surface area contributed by atoms with E-state index in [1.807, 2.05) is 6.07 Å². The van der Waals surface area contributed by atoms with Crippen LogP contribution in [0.3, 0.4) is 0 Å². The van der Waals surface area contributed by atoms with E-state index in [0.717, 1.165) is 10.9 Å². The van der Waals surface area contributed by atoms with Crippen molar-refractivity contribution in [3.8, 4) is 5.75 Å². The number of hydrogen-bond donors (Lipinski definition) is 0. The fourth-order valence-corrected chi connectivity index (χ4v) is 1.67. The number of aromatic nitrogens is 1. The van der Waals surface area contributed by atoms with Gasteiger partial charge in [-0.05, 0) is 18.2 Å². The maximum absolute atomic E-state index is 5.87. The first-order valence-electron chi connectivity index (χ1n) is 4.00. The van der Waals surface area contributed by atoms with Crippen LogP contribution < -0.4 is 4.74 Å². The van der Waals surface area contributed by atoms with E-state index in [1.165, 1.54) is 0 Å². The average molecular weight is 228 g/mol. The fraction of sp³-hybridized carbons (Fsp3) is 0.100. The van der Waals surface area contributed by atoms with Crippen molar-refractivity contribution < 1.29 is 4.74 Å². The van der Waals surface area contributed by atoms with Crippen molar-refractivity contribution in [2.24, 2.45) is 0 Å². The summed E-state index contributed by atoms with van der Waals surface area (Å²) in [5, 5.41) is 1.93. The van der Waals surface area contributed by atoms with Crippen LogP contribution in [-0.4, -0.2) is 12.1 Å². The highest BCUT2D eigenvalue weighted by molar-refractivity contribution is 6.32. The standard InChI is InChI=1S/C10H7Cl2NO/c1-14-9-5-10(12)13-8-3-2-6(11)4-7(8)9/h2-5H,1H3. The van der Waals surface area contributed by atoms with Crippen molar-refractivity contribution in [2.45, 2.75) is 0 Å². The molecule has 0 fully saturated rings. The summed E-state index contributed by atoms with van der Waals surface area (Å²) in [7, 11) is 1.59. The van der Waals surface area contributed by atoms with E-state index in [0.29, 0.717) is 15.9 Å². The summed E-state index contributed by atoms with van der Waals surface area (Å²) in [5.41, 5.74) is 0.777. The molecule has 0 spiro atoms. The summed E-state index contributed by atoms with van der Waals surface area (Å²) in [6, 6.07) is 7.05. The lowest BCUT2D eigenvalue weighted by atomic mass is 10.2. The number of nitrogens with zero attached hydrogens (tertiary/aromatic N) is 1. The normalized spacial score (nSPS) is 10.5. The van der Waals surface area contributed by atoms with Gasteiger partial charge in [-0.25, -0.2) is 4.98 Å². The van der Waals surface area contributed by atoms with Gasteiger partial charge in [0.05, 0.1) is 12.6 Å². The van der Waals surface area contributed by atoms with E-state index in [4.69, 9.17) is 27.9 Å². The minimum absolute atomic E-state index is 0.414. The number of ether oxygens (including phenoxy) is 1. The maximum Gasteiger partial charge on any atom is 0.133 e. The predicted molar refractivity (Wildman–Crippen MR) is 58.3 cm³/mol. The summed E-state index contributed by atoms with van der Waals surface area (Å²) < 4.78 is 5.18. The third-order valence-electron chi connectivity index (χ3n) is 1.92. The molecule has 2 rings (SSSR count). The van der Waals surface area contributed by atoms with Crippen molar-refractivity contribution in [1.29, 1.82) is 0 Å². The molecule has 1 aromatic carbocycles. The lowest BCUT2D eigenvalue weighted by Gasteiger charge is -2.05. The predicted octanol–water partition coefficient (Wildman–Crippen LogP) is 3.55. The molecular weight excluding hydrogens is 221 g/mol. The fourth-order valence-electron chi connectivity index (χ4n) is 1.31. The number of rotatable bonds is 1. The Labute approximate surface area is 91.4 Å². The zero-order chi connectivity index (χ0) is 10.1. The average Bonchev–Trinajstić information content (AvgIpc) is 2.17. The van der Waals surface area contributed by atoms with Gasteiger partial charge in [-0.15, -0.1) is 0 Å². The highest BCUT2D eigenvalue weighted by Gasteiger charge is 2.05. The van der Waals surface area contributed by atoms with Gasteiger partial charge in [0.2, 0.25) is 0 Å². The molecule has 0 amide bonds. The first-order chi connectivity index (χ1) is 6.70. The van der Waals surface area contributed by atoms with Crippen LogP contribution in [0.15, 0.2) is 24.3 Å². The van der Waals surface area contributed by atoms with Gasteiger partial charge in [-0.2, -0.15) is 0 Å². The molecule has 14 heavy (non-hydrogen) atoms. The van der Waals surface area contributed by atoms with Crippen LogP contribution in [-0.2, 0) is 0 Å². The molecule has 4 heteroatoms. The zero-order valence-corrected chi connectivity index (χ0v) is 8.93. The monoisotopic (exact) mass is 227 g/mol. The second kappa shape index (κ2) is 3.64. The van der Waals surface area contributed by atoms with Gasteiger partial charge in [0, 0.05) is 16.5 Å². The van der Waals surface area contributed by atoms with Crippen LogP contribution in [0.1, 0.15) is 0 Å². The van der Waals surface area contributed by atoms with Crippen LogP contribution in [0, 0.1) is 0 Å². The quantitative estimate of drug-likeness (QED) is 0.696. The van der Waals surface area contributed by atoms with Crippen molar-refractivity contribution in [1.82, 2.24) is 4.98 Å². The Morgan fingerprint density at radius 1 is 1.21 bits per heavy atom. The van der Waals surface area contributed by atoms with Gasteiger partial charge in [-0.1, -0.05) is 23.2 Å². The van der Waals surface area contributed by atoms with E-state index >= 15 is 0 Å². The van der Waals surface area contributed by atoms with Crippen LogP contribution in [0.5, 0.6) is 5.75 Å². The molecule has 0 radical (unpaired) electrons. The molecule has 0 atom stereocenters. The molecule has 0 saturated heterocycles. The SMILES string of the molecule is COc1cc(Cl)nc2ccc(Cl)cc12. The molecule has 2 nitrogen and oxygen atoms in total. The molecule has 0 aliphatic rings. The molecule has 0 aliphatic carbocycles. The topological polar surface area (TPSA) is 22.1 Å². The number of benzene rings is 1. The minimum atomic E-state index is 0.414. The number of hydrogen-bond acceptors (Lipinski definition) is 2. The van der Waals surface area contributed by atoms with Crippen LogP contribution in [0.25, 0.3) is 10.9 Å². The summed E-state index contributed by atoms with van der Waals surface area (Å²) >= 11 is 11.7. The van der Waals surface area contributed by atoms with Crippen molar-refractivity contribution >= 4 is 34.1 Å². The molecule has 2 aromatic rings. The third-order valence-corrected chi connectivity index (χ3v) is 2.35. The van der Waals surface area contributed by atoms with E-state index < -0.39 is 0 Å². The zero-order valence-electron chi connectivity index (χ0n) is 7.42. The van der Waals surface area contributed by atoms with E-state index in [1.54, 1.807) is 25.3 Å². The second-order valence-corrected chi connectivity index (χ2v) is 3.63. The lowest BCUT2D eigenvalue weighted by molar-refractivity contribution is 0.419. The first-order valence-corrected chi connectivity index (χ1v) is 4.76. The molecule has 0 N–H and O–H groups in total. The first kappa shape index (κ1) is 9.56. The Bertz CT molecular complexity index is 485. The Kier molecular flexibility index (Phi) is 2.48. The van der Waals surface area contributed by atoms with Crippen molar-refractivity contribution in [3.05, 3.63) is 34.4 Å². The number of methoxy groups -OCH3 is 1. The van der Waals surface area contributed by atoms with E-state index in [2.05, 4.69) is 4.98 Å². The highest BCUT2D eigenvalue weighted by Crippen LogP contribution is 2.29. The number of pyridine rings is 1. The van der Waals surface area contributed by atoms with Gasteiger partial charge in [0.15, 0.2) is 0 Å². The molecule has 0 saturated carbocycles. The second-order valence-electron chi connectivity index (χ2n) is 2.81. The molecule has 1 heterocycles. The molecular formula is C10H7Cl2NO. The van der Waals surface area contributed by atoms with Crippen LogP contribution in [0.2, 0.25) is 10.2 Å². The van der Waals surface area contributed by atoms with E-state index in [9.17, 15) is 0 Å². The summed E-state index contributed by atoms with van der Waals surface area (Å²) in [5.74, 6) is 0.683. The molecule has 0 aliphatic heterocycles. The van der Waals surface area contributed by atoms with E-state index in [-0.39, 0.29) is 0 Å². The van der Waals surface area contributed by atoms with Gasteiger partial charge in [0.1, 0.15) is 10.9 Å². The molecule has 72 valence electrons.